The van der Waals surface area contributed by atoms with Gasteiger partial charge in [0.15, 0.2) is 5.96 Å². The Kier molecular flexibility index (Phi) is 8.76. The van der Waals surface area contributed by atoms with Crippen molar-refractivity contribution in [2.24, 2.45) is 4.99 Å². The number of fused-ring (bicyclic) bond motifs is 1. The molecule has 0 unspecified atom stereocenters. The molecule has 2 N–H and O–H groups in total. The molecule has 0 fully saturated rings. The van der Waals surface area contributed by atoms with Crippen LogP contribution in [0, 0.1) is 11.6 Å². The van der Waals surface area contributed by atoms with Crippen LogP contribution in [0.4, 0.5) is 14.6 Å². The molecule has 0 atom stereocenters. The van der Waals surface area contributed by atoms with E-state index in [-0.39, 0.29) is 24.0 Å². The number of guanidine groups is 1. The minimum atomic E-state index is -0.440. The van der Waals surface area contributed by atoms with Crippen LogP contribution in [0.5, 0.6) is 0 Å². The lowest BCUT2D eigenvalue weighted by Crippen LogP contribution is -2.38. The highest BCUT2D eigenvalue weighted by molar-refractivity contribution is 14.0. The minimum absolute atomic E-state index is 0. The lowest BCUT2D eigenvalue weighted by Gasteiger charge is -2.17. The molecule has 1 aromatic heterocycles. The summed E-state index contributed by atoms with van der Waals surface area (Å²) in [4.78, 5) is 10.8. The number of nitrogens with one attached hydrogen (secondary N) is 2. The number of pyridine rings is 1. The van der Waals surface area contributed by atoms with Gasteiger partial charge in [-0.05, 0) is 47.9 Å². The fourth-order valence-electron chi connectivity index (χ4n) is 3.06. The summed E-state index contributed by atoms with van der Waals surface area (Å²) in [6.45, 7) is 0.984. The summed E-state index contributed by atoms with van der Waals surface area (Å²) < 4.78 is 27.0. The van der Waals surface area contributed by atoms with Crippen molar-refractivity contribution < 1.29 is 8.78 Å². The zero-order valence-corrected chi connectivity index (χ0v) is 19.6. The van der Waals surface area contributed by atoms with Crippen molar-refractivity contribution in [1.29, 1.82) is 0 Å². The third-order valence-corrected chi connectivity index (χ3v) is 4.61. The van der Waals surface area contributed by atoms with Gasteiger partial charge < -0.3 is 15.5 Å². The van der Waals surface area contributed by atoms with Crippen molar-refractivity contribution >= 4 is 46.7 Å². The molecule has 0 amide bonds. The third-order valence-electron chi connectivity index (χ3n) is 4.61. The van der Waals surface area contributed by atoms with Gasteiger partial charge in [-0.2, -0.15) is 0 Å². The van der Waals surface area contributed by atoms with Crippen molar-refractivity contribution in [3.8, 4) is 0 Å². The second-order valence-electron chi connectivity index (χ2n) is 6.89. The molecule has 0 spiro atoms. The van der Waals surface area contributed by atoms with Gasteiger partial charge in [-0.15, -0.1) is 24.0 Å². The molecule has 0 radical (unpaired) electrons. The Morgan fingerprint density at radius 3 is 2.53 bits per heavy atom. The molecule has 0 saturated carbocycles. The maximum Gasteiger partial charge on any atom is 0.191 e. The van der Waals surface area contributed by atoms with Crippen LogP contribution in [-0.4, -0.2) is 38.6 Å². The SMILES string of the molecule is CN=C(NCCc1cc(F)ccc1F)NCc1cc(N(C)C)nc2ccccc12.I. The molecule has 0 aliphatic rings. The molecular formula is C22H26F2IN5. The van der Waals surface area contributed by atoms with Crippen LogP contribution < -0.4 is 15.5 Å². The molecule has 5 nitrogen and oxygen atoms in total. The first-order chi connectivity index (χ1) is 14.0. The van der Waals surface area contributed by atoms with Crippen LogP contribution in [0.25, 0.3) is 10.9 Å². The van der Waals surface area contributed by atoms with Crippen molar-refractivity contribution in [2.45, 2.75) is 13.0 Å². The van der Waals surface area contributed by atoms with E-state index in [2.05, 4.69) is 20.6 Å². The molecule has 0 bridgehead atoms. The van der Waals surface area contributed by atoms with E-state index in [9.17, 15) is 8.78 Å². The Hall–Kier alpha value is -2.49. The van der Waals surface area contributed by atoms with E-state index < -0.39 is 11.6 Å². The Morgan fingerprint density at radius 1 is 1.03 bits per heavy atom. The Morgan fingerprint density at radius 2 is 1.80 bits per heavy atom. The number of benzene rings is 2. The highest BCUT2D eigenvalue weighted by Crippen LogP contribution is 2.22. The fourth-order valence-corrected chi connectivity index (χ4v) is 3.06. The molecule has 3 aromatic rings. The van der Waals surface area contributed by atoms with E-state index in [0.717, 1.165) is 34.4 Å². The molecule has 3 rings (SSSR count). The number of nitrogens with zero attached hydrogens (tertiary/aromatic N) is 3. The maximum atomic E-state index is 13.7. The first-order valence-electron chi connectivity index (χ1n) is 9.42. The predicted molar refractivity (Wildman–Crippen MR) is 130 cm³/mol. The molecule has 1 heterocycles. The molecule has 0 saturated heterocycles. The number of hydrogen-bond donors (Lipinski definition) is 2. The molecule has 0 aliphatic carbocycles. The second kappa shape index (κ2) is 11.1. The van der Waals surface area contributed by atoms with Crippen LogP contribution >= 0.6 is 24.0 Å². The molecule has 8 heteroatoms. The van der Waals surface area contributed by atoms with Gasteiger partial charge in [-0.3, -0.25) is 4.99 Å². The lowest BCUT2D eigenvalue weighted by atomic mass is 10.1. The largest absolute Gasteiger partial charge is 0.363 e. The van der Waals surface area contributed by atoms with Gasteiger partial charge >= 0.3 is 0 Å². The van der Waals surface area contributed by atoms with Gasteiger partial charge in [-0.1, -0.05) is 18.2 Å². The van der Waals surface area contributed by atoms with Gasteiger partial charge in [0.1, 0.15) is 17.5 Å². The smallest absolute Gasteiger partial charge is 0.191 e. The number of hydrogen-bond acceptors (Lipinski definition) is 3. The minimum Gasteiger partial charge on any atom is -0.363 e. The molecular weight excluding hydrogens is 499 g/mol. The van der Waals surface area contributed by atoms with Gasteiger partial charge in [0.2, 0.25) is 0 Å². The van der Waals surface area contributed by atoms with E-state index in [1.54, 1.807) is 7.05 Å². The van der Waals surface area contributed by atoms with Crippen LogP contribution in [0.1, 0.15) is 11.1 Å². The highest BCUT2D eigenvalue weighted by Gasteiger charge is 2.09. The summed E-state index contributed by atoms with van der Waals surface area (Å²) in [7, 11) is 5.59. The first-order valence-corrected chi connectivity index (χ1v) is 9.42. The topological polar surface area (TPSA) is 52.6 Å². The van der Waals surface area contributed by atoms with Gasteiger partial charge in [0.05, 0.1) is 5.52 Å². The van der Waals surface area contributed by atoms with Gasteiger partial charge in [0.25, 0.3) is 0 Å². The lowest BCUT2D eigenvalue weighted by molar-refractivity contribution is 0.583. The molecule has 160 valence electrons. The summed E-state index contributed by atoms with van der Waals surface area (Å²) in [6.07, 6.45) is 0.354. The summed E-state index contributed by atoms with van der Waals surface area (Å²) >= 11 is 0. The molecule has 2 aromatic carbocycles. The molecule has 0 aliphatic heterocycles. The average Bonchev–Trinajstić information content (AvgIpc) is 2.72. The van der Waals surface area contributed by atoms with Crippen LogP contribution in [0.15, 0.2) is 53.5 Å². The predicted octanol–water partition coefficient (Wildman–Crippen LogP) is 4.10. The Labute approximate surface area is 192 Å². The summed E-state index contributed by atoms with van der Waals surface area (Å²) in [5.74, 6) is 0.625. The zero-order valence-electron chi connectivity index (χ0n) is 17.2. The Balaban J connectivity index is 0.00000320. The van der Waals surface area contributed by atoms with Crippen molar-refractivity contribution in [2.75, 3.05) is 32.6 Å². The normalized spacial score (nSPS) is 11.2. The number of aromatic nitrogens is 1. The summed E-state index contributed by atoms with van der Waals surface area (Å²) in [5, 5.41) is 7.50. The highest BCUT2D eigenvalue weighted by atomic mass is 127. The number of para-hydroxylation sites is 1. The fraction of sp³-hybridized carbons (Fsp3) is 0.273. The number of halogens is 3. The summed E-state index contributed by atoms with van der Waals surface area (Å²) in [5.41, 5.74) is 2.36. The van der Waals surface area contributed by atoms with E-state index in [0.29, 0.717) is 31.0 Å². The Bertz CT molecular complexity index is 1020. The van der Waals surface area contributed by atoms with Crippen LogP contribution in [-0.2, 0) is 13.0 Å². The van der Waals surface area contributed by atoms with Crippen molar-refractivity contribution in [1.82, 2.24) is 15.6 Å². The van der Waals surface area contributed by atoms with Gasteiger partial charge in [-0.25, -0.2) is 13.8 Å². The monoisotopic (exact) mass is 525 g/mol. The second-order valence-corrected chi connectivity index (χ2v) is 6.89. The first kappa shape index (κ1) is 23.8. The van der Waals surface area contributed by atoms with E-state index in [4.69, 9.17) is 0 Å². The third kappa shape index (κ3) is 6.01. The van der Waals surface area contributed by atoms with E-state index in [1.807, 2.05) is 49.3 Å². The molecule has 30 heavy (non-hydrogen) atoms. The number of rotatable bonds is 6. The van der Waals surface area contributed by atoms with Crippen LogP contribution in [0.3, 0.4) is 0 Å². The average molecular weight is 525 g/mol. The summed E-state index contributed by atoms with van der Waals surface area (Å²) in [6, 6.07) is 13.5. The van der Waals surface area contributed by atoms with Gasteiger partial charge in [0, 0.05) is 39.6 Å². The zero-order chi connectivity index (χ0) is 20.8. The van der Waals surface area contributed by atoms with Crippen molar-refractivity contribution in [3.05, 3.63) is 71.3 Å². The van der Waals surface area contributed by atoms with E-state index in [1.165, 1.54) is 6.07 Å². The standard InChI is InChI=1S/C22H25F2N5.HI/c1-25-22(26-11-10-15-12-17(23)8-9-19(15)24)27-14-16-13-21(29(2)3)28-20-7-5-4-6-18(16)20;/h4-9,12-13H,10-11,14H2,1-3H3,(H2,25,26,27);1H. The quantitative estimate of drug-likeness (QED) is 0.289. The van der Waals surface area contributed by atoms with E-state index >= 15 is 0 Å². The van der Waals surface area contributed by atoms with Crippen LogP contribution in [0.2, 0.25) is 0 Å². The van der Waals surface area contributed by atoms with Crippen molar-refractivity contribution in [3.63, 3.8) is 0 Å². The number of aliphatic imine (C=N–C) groups is 1. The maximum absolute atomic E-state index is 13.7. The number of anilines is 1.